The highest BCUT2D eigenvalue weighted by atomic mass is 19.4. The van der Waals surface area contributed by atoms with E-state index in [-0.39, 0.29) is 17.4 Å². The molecule has 2 aromatic heterocycles. The van der Waals surface area contributed by atoms with Crippen molar-refractivity contribution >= 4 is 6.09 Å². The lowest BCUT2D eigenvalue weighted by Gasteiger charge is -2.20. The third-order valence-electron chi connectivity index (χ3n) is 6.07. The van der Waals surface area contributed by atoms with Crippen molar-refractivity contribution in [2.24, 2.45) is 0 Å². The van der Waals surface area contributed by atoms with Gasteiger partial charge in [-0.1, -0.05) is 24.3 Å². The lowest BCUT2D eigenvalue weighted by atomic mass is 9.99. The Hall–Kier alpha value is -4.41. The summed E-state index contributed by atoms with van der Waals surface area (Å²) in [7, 11) is 1.21. The Bertz CT molecular complexity index is 1520. The Kier molecular flexibility index (Phi) is 7.86. The summed E-state index contributed by atoms with van der Waals surface area (Å²) in [5, 5.41) is 0. The number of pyridine rings is 2. The summed E-state index contributed by atoms with van der Waals surface area (Å²) < 4.78 is 85.1. The molecule has 0 aliphatic carbocycles. The number of hydrogen-bond acceptors (Lipinski definition) is 4. The summed E-state index contributed by atoms with van der Waals surface area (Å²) in [6.07, 6.45) is -8.00. The third-order valence-corrected chi connectivity index (χ3v) is 6.07. The minimum absolute atomic E-state index is 0.0355. The normalized spacial score (nSPS) is 11.8. The zero-order valence-electron chi connectivity index (χ0n) is 21.6. The van der Waals surface area contributed by atoms with Gasteiger partial charge in [0, 0.05) is 36.6 Å². The standard InChI is InChI=1S/C29H23F6N3O2/c1-17-6-4-5-7-23(17)24-14-25(20-8-9-36-18(2)10-20)37-15-26(24)40-27(39)38(3)16-19-11-21(28(30,31)32)13-22(12-19)29(33,34)35/h4-15H,16H2,1-3H3. The van der Waals surface area contributed by atoms with Crippen LogP contribution in [0.1, 0.15) is 27.9 Å². The highest BCUT2D eigenvalue weighted by molar-refractivity contribution is 5.80. The second-order valence-electron chi connectivity index (χ2n) is 9.20. The molecule has 2 heterocycles. The maximum Gasteiger partial charge on any atom is 0.416 e. The zero-order valence-corrected chi connectivity index (χ0v) is 21.6. The Morgan fingerprint density at radius 3 is 2.10 bits per heavy atom. The van der Waals surface area contributed by atoms with Crippen LogP contribution in [0.5, 0.6) is 5.75 Å². The maximum absolute atomic E-state index is 13.3. The first-order valence-corrected chi connectivity index (χ1v) is 11.9. The van der Waals surface area contributed by atoms with E-state index < -0.39 is 36.1 Å². The maximum atomic E-state index is 13.3. The van der Waals surface area contributed by atoms with E-state index in [1.807, 2.05) is 44.2 Å². The van der Waals surface area contributed by atoms with Crippen molar-refractivity contribution in [3.63, 3.8) is 0 Å². The predicted octanol–water partition coefficient (Wildman–Crippen LogP) is 8.10. The molecule has 0 saturated carbocycles. The summed E-state index contributed by atoms with van der Waals surface area (Å²) in [5.41, 5.74) is 0.995. The van der Waals surface area contributed by atoms with Gasteiger partial charge < -0.3 is 9.64 Å². The molecule has 0 N–H and O–H groups in total. The highest BCUT2D eigenvalue weighted by Gasteiger charge is 2.37. The van der Waals surface area contributed by atoms with Crippen molar-refractivity contribution < 1.29 is 35.9 Å². The number of halogens is 6. The van der Waals surface area contributed by atoms with E-state index in [4.69, 9.17) is 4.74 Å². The Labute approximate surface area is 226 Å². The number of carbonyl (C=O) groups is 1. The number of nitrogens with zero attached hydrogens (tertiary/aromatic N) is 3. The number of carbonyl (C=O) groups excluding carboxylic acids is 1. The van der Waals surface area contributed by atoms with Gasteiger partial charge in [-0.2, -0.15) is 26.3 Å². The first-order valence-electron chi connectivity index (χ1n) is 11.9. The molecule has 0 bridgehead atoms. The lowest BCUT2D eigenvalue weighted by Crippen LogP contribution is -2.29. The molecule has 0 saturated heterocycles. The zero-order chi connectivity index (χ0) is 29.2. The van der Waals surface area contributed by atoms with Crippen LogP contribution in [-0.2, 0) is 18.9 Å². The molecule has 1 amide bonds. The smallest absolute Gasteiger partial charge is 0.408 e. The fraction of sp³-hybridized carbons (Fsp3) is 0.207. The first kappa shape index (κ1) is 28.6. The van der Waals surface area contributed by atoms with Crippen molar-refractivity contribution in [3.05, 3.63) is 101 Å². The van der Waals surface area contributed by atoms with Crippen LogP contribution in [0.4, 0.5) is 31.1 Å². The van der Waals surface area contributed by atoms with E-state index in [0.29, 0.717) is 23.4 Å². The summed E-state index contributed by atoms with van der Waals surface area (Å²) in [5.74, 6) is 0.0701. The molecule has 0 unspecified atom stereocenters. The fourth-order valence-corrected chi connectivity index (χ4v) is 4.09. The molecule has 0 atom stereocenters. The molecule has 5 nitrogen and oxygen atoms in total. The van der Waals surface area contributed by atoms with Gasteiger partial charge >= 0.3 is 18.4 Å². The Morgan fingerprint density at radius 2 is 1.50 bits per heavy atom. The minimum Gasteiger partial charge on any atom is -0.408 e. The van der Waals surface area contributed by atoms with E-state index in [1.54, 1.807) is 18.3 Å². The van der Waals surface area contributed by atoms with Gasteiger partial charge in [-0.3, -0.25) is 9.97 Å². The number of amides is 1. The molecule has 0 spiro atoms. The van der Waals surface area contributed by atoms with Crippen LogP contribution in [0.15, 0.2) is 73.1 Å². The lowest BCUT2D eigenvalue weighted by molar-refractivity contribution is -0.143. The number of benzene rings is 2. The number of ether oxygens (including phenoxy) is 1. The molecule has 2 aromatic carbocycles. The second kappa shape index (κ2) is 11.0. The van der Waals surface area contributed by atoms with Gasteiger partial charge in [0.05, 0.1) is 23.0 Å². The molecular formula is C29H23F6N3O2. The molecule has 4 aromatic rings. The first-order chi connectivity index (χ1) is 18.7. The minimum atomic E-state index is -5.00. The van der Waals surface area contributed by atoms with Crippen LogP contribution >= 0.6 is 0 Å². The highest BCUT2D eigenvalue weighted by Crippen LogP contribution is 2.37. The van der Waals surface area contributed by atoms with Crippen LogP contribution in [-0.4, -0.2) is 28.0 Å². The molecule has 0 radical (unpaired) electrons. The van der Waals surface area contributed by atoms with Crippen molar-refractivity contribution in [2.45, 2.75) is 32.7 Å². The van der Waals surface area contributed by atoms with E-state index in [0.717, 1.165) is 27.3 Å². The van der Waals surface area contributed by atoms with Crippen LogP contribution in [0.3, 0.4) is 0 Å². The molecular weight excluding hydrogens is 536 g/mol. The van der Waals surface area contributed by atoms with E-state index in [1.165, 1.54) is 13.2 Å². The molecule has 0 fully saturated rings. The van der Waals surface area contributed by atoms with Crippen LogP contribution in [0, 0.1) is 13.8 Å². The van der Waals surface area contributed by atoms with Crippen LogP contribution < -0.4 is 4.74 Å². The average Bonchev–Trinajstić information content (AvgIpc) is 2.88. The molecule has 0 aliphatic rings. The Balaban J connectivity index is 1.66. The van der Waals surface area contributed by atoms with Crippen molar-refractivity contribution in [1.82, 2.24) is 14.9 Å². The van der Waals surface area contributed by atoms with E-state index >= 15 is 0 Å². The van der Waals surface area contributed by atoms with Gasteiger partial charge in [0.2, 0.25) is 0 Å². The van der Waals surface area contributed by atoms with Gasteiger partial charge in [-0.05, 0) is 66.9 Å². The fourth-order valence-electron chi connectivity index (χ4n) is 4.09. The quantitative estimate of drug-likeness (QED) is 0.232. The number of aromatic nitrogens is 2. The average molecular weight is 560 g/mol. The van der Waals surface area contributed by atoms with Crippen LogP contribution in [0.2, 0.25) is 0 Å². The van der Waals surface area contributed by atoms with E-state index in [9.17, 15) is 31.1 Å². The van der Waals surface area contributed by atoms with Crippen molar-refractivity contribution in [2.75, 3.05) is 7.05 Å². The number of rotatable bonds is 5. The summed E-state index contributed by atoms with van der Waals surface area (Å²) in [4.78, 5) is 22.4. The second-order valence-corrected chi connectivity index (χ2v) is 9.20. The SMILES string of the molecule is Cc1cc(-c2cc(-c3ccccc3C)c(OC(=O)N(C)Cc3cc(C(F)(F)F)cc(C(F)(F)F)c3)cn2)ccn1. The topological polar surface area (TPSA) is 55.3 Å². The van der Waals surface area contributed by atoms with Crippen LogP contribution in [0.25, 0.3) is 22.4 Å². The monoisotopic (exact) mass is 559 g/mol. The van der Waals surface area contributed by atoms with E-state index in [2.05, 4.69) is 9.97 Å². The third kappa shape index (κ3) is 6.59. The largest absolute Gasteiger partial charge is 0.416 e. The molecule has 11 heteroatoms. The number of hydrogen-bond donors (Lipinski definition) is 0. The van der Waals surface area contributed by atoms with Crippen molar-refractivity contribution in [1.29, 1.82) is 0 Å². The van der Waals surface area contributed by atoms with Crippen molar-refractivity contribution in [3.8, 4) is 28.1 Å². The molecule has 0 aliphatic heterocycles. The number of aryl methyl sites for hydroxylation is 2. The van der Waals surface area contributed by atoms with Gasteiger partial charge in [0.25, 0.3) is 0 Å². The van der Waals surface area contributed by atoms with Gasteiger partial charge in [-0.25, -0.2) is 4.79 Å². The molecule has 208 valence electrons. The van der Waals surface area contributed by atoms with Gasteiger partial charge in [0.1, 0.15) is 0 Å². The summed E-state index contributed by atoms with van der Waals surface area (Å²) >= 11 is 0. The summed E-state index contributed by atoms with van der Waals surface area (Å²) in [6.45, 7) is 3.14. The Morgan fingerprint density at radius 1 is 0.850 bits per heavy atom. The summed E-state index contributed by atoms with van der Waals surface area (Å²) in [6, 6.07) is 13.9. The van der Waals surface area contributed by atoms with Gasteiger partial charge in [-0.15, -0.1) is 0 Å². The molecule has 40 heavy (non-hydrogen) atoms. The predicted molar refractivity (Wildman–Crippen MR) is 136 cm³/mol. The molecule has 4 rings (SSSR count). The van der Waals surface area contributed by atoms with Gasteiger partial charge in [0.15, 0.2) is 5.75 Å². The number of alkyl halides is 6.